The minimum atomic E-state index is -5.22. The van der Waals surface area contributed by atoms with Gasteiger partial charge in [-0.3, -0.25) is 27.5 Å². The number of ether oxygens (including phenoxy) is 3. The first-order chi connectivity index (χ1) is 28.4. The summed E-state index contributed by atoms with van der Waals surface area (Å²) in [6.07, 6.45) is -5.24. The minimum Gasteiger partial charge on any atom is -0.455 e. The lowest BCUT2D eigenvalue weighted by Gasteiger charge is -2.25. The molecule has 1 amide bonds. The van der Waals surface area contributed by atoms with Crippen molar-refractivity contribution < 1.29 is 66.3 Å². The molecule has 1 aromatic carbocycles. The number of anilines is 2. The van der Waals surface area contributed by atoms with Crippen LogP contribution in [-0.4, -0.2) is 111 Å². The first kappa shape index (κ1) is 45.3. The molecule has 6 rings (SSSR count). The van der Waals surface area contributed by atoms with Crippen LogP contribution in [0.4, 0.5) is 11.6 Å². The highest BCUT2D eigenvalue weighted by Crippen LogP contribution is 2.50. The minimum absolute atomic E-state index is 0.0122. The largest absolute Gasteiger partial charge is 0.472 e. The number of allylic oxidation sites excluding steroid dienone is 1. The highest BCUT2D eigenvalue weighted by molar-refractivity contribution is 14.1. The summed E-state index contributed by atoms with van der Waals surface area (Å²) in [6.45, 7) is 1.89. The van der Waals surface area contributed by atoms with E-state index in [0.717, 1.165) is 14.5 Å². The molecule has 324 valence electrons. The number of nitrogens with zero attached hydrogens (tertiary/aromatic N) is 6. The molecule has 4 aromatic rings. The predicted octanol–water partition coefficient (Wildman–Crippen LogP) is 0.615. The van der Waals surface area contributed by atoms with E-state index in [1.165, 1.54) is 23.2 Å². The summed E-state index contributed by atoms with van der Waals surface area (Å²) in [5, 5.41) is 14.4. The summed E-state index contributed by atoms with van der Waals surface area (Å²) in [4.78, 5) is 84.8. The van der Waals surface area contributed by atoms with Crippen LogP contribution in [0.3, 0.4) is 0 Å². The quantitative estimate of drug-likeness (QED) is 0.0311. The van der Waals surface area contributed by atoms with E-state index in [1.807, 2.05) is 6.07 Å². The lowest BCUT2D eigenvalue weighted by atomic mass is 10.0. The number of esters is 1. The Morgan fingerprint density at radius 3 is 2.57 bits per heavy atom. The van der Waals surface area contributed by atoms with Crippen LogP contribution in [0.25, 0.3) is 11.2 Å². The maximum Gasteiger partial charge on any atom is 0.472 e. The number of nitrogen functional groups attached to an aromatic ring is 2. The lowest BCUT2D eigenvalue weighted by molar-refractivity contribution is -0.160. The second-order valence-corrected chi connectivity index (χ2v) is 17.3. The van der Waals surface area contributed by atoms with Gasteiger partial charge in [-0.1, -0.05) is 18.2 Å². The van der Waals surface area contributed by atoms with Gasteiger partial charge in [0.2, 0.25) is 5.91 Å². The van der Waals surface area contributed by atoms with Crippen LogP contribution < -0.4 is 22.5 Å². The number of aromatic nitrogens is 6. The van der Waals surface area contributed by atoms with Crippen LogP contribution in [-0.2, 0) is 52.9 Å². The highest BCUT2D eigenvalue weighted by atomic mass is 127. The second kappa shape index (κ2) is 19.2. The molecule has 2 unspecified atom stereocenters. The average Bonchev–Trinajstić information content (AvgIpc) is 3.87. The van der Waals surface area contributed by atoms with Crippen molar-refractivity contribution in [3.8, 4) is 0 Å². The number of amides is 1. The molecule has 9 atom stereocenters. The molecule has 27 heteroatoms. The standard InChI is InChI=1S/C33H40IN9O15P2/c1-2-3-7-24(44)40-19(11-17-5-4-6-18(34)10-17)32(46)57-28-22(56-31(27(28)45)43-16-39-26-29(36)37-15-38-30(26)43)14-54-60(51,52)58-20-12-25(42-9-8-23(35)41-33(42)47)55-21(20)13-53-59(48,49)50/h2,4-6,8-10,15-16,19-22,25,27-28,31,45H,1,3,7,11-14H2,(H,40,44)(H,51,52)(H2,35,41,47)(H2,36,37,38)(H2,48,49,50)/t19?,20-,21-,22+,25+,27+,28+,31+/m0/s1. The normalized spacial score (nSPS) is 24.5. The van der Waals surface area contributed by atoms with Crippen molar-refractivity contribution in [3.05, 3.63) is 81.5 Å². The van der Waals surface area contributed by atoms with Gasteiger partial charge in [0.1, 0.15) is 54.3 Å². The lowest BCUT2D eigenvalue weighted by Crippen LogP contribution is -2.47. The van der Waals surface area contributed by atoms with Gasteiger partial charge in [0.15, 0.2) is 23.8 Å². The van der Waals surface area contributed by atoms with Crippen LogP contribution in [0.5, 0.6) is 0 Å². The van der Waals surface area contributed by atoms with Crippen LogP contribution in [0.15, 0.2) is 66.6 Å². The van der Waals surface area contributed by atoms with Crippen molar-refractivity contribution in [1.29, 1.82) is 0 Å². The van der Waals surface area contributed by atoms with Gasteiger partial charge in [-0.25, -0.2) is 33.7 Å². The van der Waals surface area contributed by atoms with Crippen molar-refractivity contribution in [1.82, 2.24) is 34.4 Å². The van der Waals surface area contributed by atoms with Gasteiger partial charge in [0.05, 0.1) is 19.5 Å². The Kier molecular flexibility index (Phi) is 14.5. The molecule has 0 radical (unpaired) electrons. The number of benzene rings is 1. The Bertz CT molecular complexity index is 2370. The topological polar surface area (TPSA) is 347 Å². The van der Waals surface area contributed by atoms with Gasteiger partial charge in [0.25, 0.3) is 0 Å². The Balaban J connectivity index is 1.24. The highest BCUT2D eigenvalue weighted by Gasteiger charge is 2.50. The number of hydrogen-bond donors (Lipinski definition) is 7. The number of rotatable bonds is 18. The van der Waals surface area contributed by atoms with Gasteiger partial charge >= 0.3 is 27.3 Å². The number of carbonyl (C=O) groups is 2. The number of phosphoric acid groups is 2. The first-order valence-electron chi connectivity index (χ1n) is 17.9. The van der Waals surface area contributed by atoms with Gasteiger partial charge in [0, 0.05) is 29.0 Å². The number of aliphatic hydroxyl groups is 1. The van der Waals surface area contributed by atoms with E-state index in [4.69, 9.17) is 34.7 Å². The van der Waals surface area contributed by atoms with Crippen molar-refractivity contribution in [2.24, 2.45) is 0 Å². The zero-order chi connectivity index (χ0) is 43.4. The Labute approximate surface area is 353 Å². The smallest absolute Gasteiger partial charge is 0.455 e. The fourth-order valence-electron chi connectivity index (χ4n) is 6.41. The molecule has 24 nitrogen and oxygen atoms in total. The summed E-state index contributed by atoms with van der Waals surface area (Å²) in [5.74, 6) is -1.56. The monoisotopic (exact) mass is 991 g/mol. The van der Waals surface area contributed by atoms with E-state index in [0.29, 0.717) is 12.0 Å². The number of nitrogens with one attached hydrogen (secondary N) is 1. The number of nitrogens with two attached hydrogens (primary N) is 2. The summed E-state index contributed by atoms with van der Waals surface area (Å²) in [7, 11) is -10.3. The maximum absolute atomic E-state index is 14.0. The van der Waals surface area contributed by atoms with Crippen LogP contribution in [0.2, 0.25) is 0 Å². The predicted molar refractivity (Wildman–Crippen MR) is 214 cm³/mol. The third-order valence-electron chi connectivity index (χ3n) is 9.17. The molecule has 0 aliphatic carbocycles. The molecule has 60 heavy (non-hydrogen) atoms. The number of imidazole rings is 1. The van der Waals surface area contributed by atoms with Crippen LogP contribution in [0, 0.1) is 3.57 Å². The number of carbonyl (C=O) groups excluding carboxylic acids is 2. The molecule has 2 fully saturated rings. The molecular weight excluding hydrogens is 951 g/mol. The molecule has 0 spiro atoms. The molecule has 3 aromatic heterocycles. The van der Waals surface area contributed by atoms with Gasteiger partial charge in [-0.05, 0) is 52.8 Å². The van der Waals surface area contributed by atoms with E-state index in [1.54, 1.807) is 24.3 Å². The summed E-state index contributed by atoms with van der Waals surface area (Å²) < 4.78 is 61.1. The zero-order valence-corrected chi connectivity index (χ0v) is 35.1. The van der Waals surface area contributed by atoms with Gasteiger partial charge < -0.3 is 50.8 Å². The molecule has 2 aliphatic heterocycles. The molecule has 2 saturated heterocycles. The van der Waals surface area contributed by atoms with Crippen molar-refractivity contribution >= 4 is 72.9 Å². The third kappa shape index (κ3) is 11.4. The Morgan fingerprint density at radius 2 is 1.85 bits per heavy atom. The van der Waals surface area contributed by atoms with Crippen LogP contribution in [0.1, 0.15) is 37.3 Å². The molecule has 0 bridgehead atoms. The molecule has 9 N–H and O–H groups in total. The molecular formula is C33H40IN9O15P2. The fraction of sp³-hybridized carbons (Fsp3) is 0.424. The average molecular weight is 992 g/mol. The summed E-state index contributed by atoms with van der Waals surface area (Å²) in [5.41, 5.74) is 11.6. The fourth-order valence-corrected chi connectivity index (χ4v) is 8.32. The molecule has 2 aliphatic rings. The number of fused-ring (bicyclic) bond motifs is 1. The van der Waals surface area contributed by atoms with E-state index in [9.17, 15) is 43.3 Å². The van der Waals surface area contributed by atoms with E-state index >= 15 is 0 Å². The molecule has 5 heterocycles. The Hall–Kier alpha value is -4.24. The van der Waals surface area contributed by atoms with Crippen molar-refractivity contribution in [2.45, 2.75) is 74.7 Å². The number of phosphoric ester groups is 2. The number of halogens is 1. The summed E-state index contributed by atoms with van der Waals surface area (Å²) >= 11 is 2.10. The molecule has 0 saturated carbocycles. The van der Waals surface area contributed by atoms with Crippen LogP contribution >= 0.6 is 38.2 Å². The Morgan fingerprint density at radius 1 is 1.08 bits per heavy atom. The van der Waals surface area contributed by atoms with Gasteiger partial charge in [-0.2, -0.15) is 4.98 Å². The second-order valence-electron chi connectivity index (χ2n) is 13.4. The third-order valence-corrected chi connectivity index (χ3v) is 11.3. The van der Waals surface area contributed by atoms with E-state index in [2.05, 4.69) is 58.9 Å². The maximum atomic E-state index is 14.0. The zero-order valence-electron chi connectivity index (χ0n) is 31.2. The number of aliphatic hydroxyl groups excluding tert-OH is 1. The van der Waals surface area contributed by atoms with Crippen molar-refractivity contribution in [2.75, 3.05) is 24.7 Å². The van der Waals surface area contributed by atoms with E-state index < -0.39 is 95.4 Å². The first-order valence-corrected chi connectivity index (χ1v) is 22.0. The summed E-state index contributed by atoms with van der Waals surface area (Å²) in [6, 6.07) is 7.17. The SMILES string of the molecule is C=CCCC(=O)NC(Cc1cccc(I)c1)C(=O)O[C@H]1[C@@H](O)[C@H](n2cnc3c(N)ncnc32)O[C@@H]1COP(=O)(O)O[C@H]1C[C@H](n2ccc(N)nc2=O)O[C@H]1COP(=O)(O)O. The van der Waals surface area contributed by atoms with E-state index in [-0.39, 0.29) is 42.1 Å². The van der Waals surface area contributed by atoms with Crippen molar-refractivity contribution in [3.63, 3.8) is 0 Å². The van der Waals surface area contributed by atoms with Gasteiger partial charge in [-0.15, -0.1) is 6.58 Å². The number of hydrogen-bond acceptors (Lipinski definition) is 18.